The van der Waals surface area contributed by atoms with E-state index in [1.54, 1.807) is 6.07 Å². The molecule has 5 heteroatoms. The highest BCUT2D eigenvalue weighted by Crippen LogP contribution is 2.30. The molecular formula is C23H20FN3O. The van der Waals surface area contributed by atoms with Gasteiger partial charge in [-0.2, -0.15) is 0 Å². The molecule has 0 aliphatic rings. The third-order valence-corrected chi connectivity index (χ3v) is 4.77. The molecule has 0 radical (unpaired) electrons. The summed E-state index contributed by atoms with van der Waals surface area (Å²) in [6.07, 6.45) is 2.50. The number of carbonyl (C=O) groups excluding carboxylic acids is 1. The molecule has 28 heavy (non-hydrogen) atoms. The van der Waals surface area contributed by atoms with Crippen molar-refractivity contribution < 1.29 is 9.18 Å². The summed E-state index contributed by atoms with van der Waals surface area (Å²) in [7, 11) is 0. The number of amides is 1. The second kappa shape index (κ2) is 8.05. The number of imidazole rings is 1. The molecule has 0 fully saturated rings. The highest BCUT2D eigenvalue weighted by Gasteiger charge is 2.15. The highest BCUT2D eigenvalue weighted by molar-refractivity contribution is 5.95. The molecule has 0 atom stereocenters. The van der Waals surface area contributed by atoms with Crippen LogP contribution in [0.3, 0.4) is 0 Å². The van der Waals surface area contributed by atoms with Crippen LogP contribution in [0.15, 0.2) is 72.8 Å². The number of carbonyl (C=O) groups is 1. The number of aryl methyl sites for hydroxylation is 2. The number of rotatable bonds is 7. The van der Waals surface area contributed by atoms with E-state index >= 15 is 0 Å². The molecule has 0 saturated carbocycles. The number of aromatic nitrogens is 2. The maximum atomic E-state index is 13.8. The molecule has 1 heterocycles. The monoisotopic (exact) mass is 373 g/mol. The Morgan fingerprint density at radius 3 is 2.61 bits per heavy atom. The number of nitrogens with zero attached hydrogens (tertiary/aromatic N) is 2. The first-order valence-electron chi connectivity index (χ1n) is 9.25. The first-order valence-corrected chi connectivity index (χ1v) is 9.25. The van der Waals surface area contributed by atoms with Crippen molar-refractivity contribution in [2.24, 2.45) is 0 Å². The number of fused-ring (bicyclic) bond motifs is 1. The summed E-state index contributed by atoms with van der Waals surface area (Å²) in [6, 6.07) is 22.4. The molecule has 0 bridgehead atoms. The van der Waals surface area contributed by atoms with Crippen molar-refractivity contribution in [3.05, 3.63) is 84.2 Å². The summed E-state index contributed by atoms with van der Waals surface area (Å²) >= 11 is 0. The zero-order valence-corrected chi connectivity index (χ0v) is 15.3. The van der Waals surface area contributed by atoms with Gasteiger partial charge in [0.25, 0.3) is 0 Å². The second-order valence-corrected chi connectivity index (χ2v) is 6.62. The SMILES string of the molecule is O=CNc1cccc2c1nc(-c1cccc(F)c1)n2CCCc1ccccc1. The molecule has 4 nitrogen and oxygen atoms in total. The van der Waals surface area contributed by atoms with Gasteiger partial charge in [0.2, 0.25) is 6.41 Å². The quantitative estimate of drug-likeness (QED) is 0.461. The Labute approximate surface area is 162 Å². The average molecular weight is 373 g/mol. The molecule has 0 aliphatic carbocycles. The van der Waals surface area contributed by atoms with Gasteiger partial charge in [0.15, 0.2) is 0 Å². The number of hydrogen-bond acceptors (Lipinski definition) is 2. The van der Waals surface area contributed by atoms with Crippen LogP contribution >= 0.6 is 0 Å². The maximum Gasteiger partial charge on any atom is 0.211 e. The second-order valence-electron chi connectivity index (χ2n) is 6.62. The van der Waals surface area contributed by atoms with Crippen molar-refractivity contribution in [2.45, 2.75) is 19.4 Å². The smallest absolute Gasteiger partial charge is 0.211 e. The predicted octanol–water partition coefficient (Wildman–Crippen LogP) is 5.04. The molecule has 0 unspecified atom stereocenters. The van der Waals surface area contributed by atoms with Crippen LogP contribution in [-0.2, 0) is 17.8 Å². The minimum atomic E-state index is -0.299. The predicted molar refractivity (Wildman–Crippen MR) is 110 cm³/mol. The Morgan fingerprint density at radius 2 is 1.82 bits per heavy atom. The molecule has 0 aliphatic heterocycles. The van der Waals surface area contributed by atoms with Crippen LogP contribution in [0.5, 0.6) is 0 Å². The first kappa shape index (κ1) is 17.9. The van der Waals surface area contributed by atoms with E-state index in [-0.39, 0.29) is 5.82 Å². The number of halogens is 1. The van der Waals surface area contributed by atoms with E-state index < -0.39 is 0 Å². The summed E-state index contributed by atoms with van der Waals surface area (Å²) < 4.78 is 15.9. The van der Waals surface area contributed by atoms with Gasteiger partial charge in [0.05, 0.1) is 11.2 Å². The average Bonchev–Trinajstić information content (AvgIpc) is 3.09. The van der Waals surface area contributed by atoms with Crippen molar-refractivity contribution in [1.29, 1.82) is 0 Å². The molecule has 0 saturated heterocycles. The summed E-state index contributed by atoms with van der Waals surface area (Å²) in [4.78, 5) is 15.7. The lowest BCUT2D eigenvalue weighted by Crippen LogP contribution is -2.02. The van der Waals surface area contributed by atoms with Gasteiger partial charge in [0.1, 0.15) is 17.2 Å². The third kappa shape index (κ3) is 3.64. The number of para-hydroxylation sites is 1. The Balaban J connectivity index is 1.74. The summed E-state index contributed by atoms with van der Waals surface area (Å²) in [5.41, 5.74) is 4.26. The first-order chi connectivity index (χ1) is 13.8. The van der Waals surface area contributed by atoms with E-state index in [1.807, 2.05) is 42.5 Å². The van der Waals surface area contributed by atoms with Crippen molar-refractivity contribution in [3.8, 4) is 11.4 Å². The minimum absolute atomic E-state index is 0.299. The molecule has 1 N–H and O–H groups in total. The van der Waals surface area contributed by atoms with Crippen molar-refractivity contribution in [3.63, 3.8) is 0 Å². The topological polar surface area (TPSA) is 46.9 Å². The van der Waals surface area contributed by atoms with Crippen LogP contribution < -0.4 is 5.32 Å². The van der Waals surface area contributed by atoms with E-state index in [0.717, 1.165) is 24.9 Å². The Morgan fingerprint density at radius 1 is 1.00 bits per heavy atom. The van der Waals surface area contributed by atoms with Crippen LogP contribution in [0.1, 0.15) is 12.0 Å². The Bertz CT molecular complexity index is 1110. The van der Waals surface area contributed by atoms with E-state index in [4.69, 9.17) is 4.98 Å². The van der Waals surface area contributed by atoms with Crippen molar-refractivity contribution in [1.82, 2.24) is 9.55 Å². The molecule has 4 rings (SSSR count). The lowest BCUT2D eigenvalue weighted by atomic mass is 10.1. The van der Waals surface area contributed by atoms with E-state index in [1.165, 1.54) is 17.7 Å². The molecule has 1 amide bonds. The molecule has 0 spiro atoms. The van der Waals surface area contributed by atoms with Gasteiger partial charge in [-0.25, -0.2) is 9.37 Å². The number of benzene rings is 3. The van der Waals surface area contributed by atoms with Gasteiger partial charge in [-0.05, 0) is 42.7 Å². The summed E-state index contributed by atoms with van der Waals surface area (Å²) in [5.74, 6) is 0.398. The minimum Gasteiger partial charge on any atom is -0.327 e. The normalized spacial score (nSPS) is 10.9. The van der Waals surface area contributed by atoms with Gasteiger partial charge in [0, 0.05) is 12.1 Å². The van der Waals surface area contributed by atoms with Crippen molar-refractivity contribution >= 4 is 23.1 Å². The fourth-order valence-electron chi connectivity index (χ4n) is 3.49. The molecule has 140 valence electrons. The van der Waals surface area contributed by atoms with Gasteiger partial charge >= 0.3 is 0 Å². The number of anilines is 1. The number of nitrogens with one attached hydrogen (secondary N) is 1. The Kier molecular flexibility index (Phi) is 5.15. The van der Waals surface area contributed by atoms with Crippen LogP contribution in [0, 0.1) is 5.82 Å². The molecule has 1 aromatic heterocycles. The lowest BCUT2D eigenvalue weighted by Gasteiger charge is -2.10. The van der Waals surface area contributed by atoms with Gasteiger partial charge in [-0.15, -0.1) is 0 Å². The highest BCUT2D eigenvalue weighted by atomic mass is 19.1. The van der Waals surface area contributed by atoms with Crippen LogP contribution in [-0.4, -0.2) is 16.0 Å². The maximum absolute atomic E-state index is 13.8. The van der Waals surface area contributed by atoms with E-state index in [2.05, 4.69) is 22.0 Å². The van der Waals surface area contributed by atoms with Crippen LogP contribution in [0.4, 0.5) is 10.1 Å². The van der Waals surface area contributed by atoms with Gasteiger partial charge in [-0.1, -0.05) is 48.5 Å². The zero-order valence-electron chi connectivity index (χ0n) is 15.3. The zero-order chi connectivity index (χ0) is 19.3. The van der Waals surface area contributed by atoms with Gasteiger partial charge < -0.3 is 9.88 Å². The Hall–Kier alpha value is -3.47. The largest absolute Gasteiger partial charge is 0.327 e. The summed E-state index contributed by atoms with van der Waals surface area (Å²) in [5, 5.41) is 2.71. The standard InChI is InChI=1S/C23H20FN3O/c24-19-11-4-10-18(15-19)23-26-22-20(25-16-28)12-5-13-21(22)27(23)14-6-9-17-7-2-1-3-8-17/h1-5,7-8,10-13,15-16H,6,9,14H2,(H,25,28). The molecule has 3 aromatic carbocycles. The van der Waals surface area contributed by atoms with Crippen molar-refractivity contribution in [2.75, 3.05) is 5.32 Å². The van der Waals surface area contributed by atoms with Gasteiger partial charge in [-0.3, -0.25) is 4.79 Å². The summed E-state index contributed by atoms with van der Waals surface area (Å²) in [6.45, 7) is 0.738. The number of hydrogen-bond donors (Lipinski definition) is 1. The lowest BCUT2D eigenvalue weighted by molar-refractivity contribution is -0.105. The van der Waals surface area contributed by atoms with Crippen LogP contribution in [0.25, 0.3) is 22.4 Å². The van der Waals surface area contributed by atoms with E-state index in [0.29, 0.717) is 29.0 Å². The van der Waals surface area contributed by atoms with Crippen LogP contribution in [0.2, 0.25) is 0 Å². The molecular weight excluding hydrogens is 353 g/mol. The fourth-order valence-corrected chi connectivity index (χ4v) is 3.49. The molecule has 4 aromatic rings. The third-order valence-electron chi connectivity index (χ3n) is 4.77. The fraction of sp³-hybridized carbons (Fsp3) is 0.130. The van der Waals surface area contributed by atoms with E-state index in [9.17, 15) is 9.18 Å².